The van der Waals surface area contributed by atoms with Gasteiger partial charge in [-0.1, -0.05) is 19.1 Å². The lowest BCUT2D eigenvalue weighted by Gasteiger charge is -2.04. The van der Waals surface area contributed by atoms with Crippen molar-refractivity contribution in [3.8, 4) is 5.75 Å². The van der Waals surface area contributed by atoms with Crippen molar-refractivity contribution >= 4 is 5.78 Å². The number of carbonyl (C=O) groups is 1. The molecule has 2 rings (SSSR count). The van der Waals surface area contributed by atoms with Crippen LogP contribution in [-0.2, 0) is 0 Å². The summed E-state index contributed by atoms with van der Waals surface area (Å²) in [6.45, 7) is 4.70. The Bertz CT molecular complexity index is 371. The molecule has 80 valence electrons. The molecule has 0 aliphatic heterocycles. The van der Waals surface area contributed by atoms with Gasteiger partial charge in [-0.2, -0.15) is 0 Å². The zero-order valence-electron chi connectivity index (χ0n) is 9.19. The predicted octanol–water partition coefficient (Wildman–Crippen LogP) is 2.92. The Hall–Kier alpha value is -1.31. The smallest absolute Gasteiger partial charge is 0.166 e. The van der Waals surface area contributed by atoms with Crippen molar-refractivity contribution in [3.63, 3.8) is 0 Å². The van der Waals surface area contributed by atoms with Gasteiger partial charge in [-0.15, -0.1) is 0 Å². The first-order valence-electron chi connectivity index (χ1n) is 5.49. The minimum atomic E-state index is 0.252. The standard InChI is InChI=1S/C13H16O2/c1-3-15-11-6-4-5-10(8-11)13(14)12-7-9(12)2/h4-6,8-9,12H,3,7H2,1-2H3. The Kier molecular flexibility index (Phi) is 2.76. The summed E-state index contributed by atoms with van der Waals surface area (Å²) in [5.41, 5.74) is 0.787. The third-order valence-electron chi connectivity index (χ3n) is 2.88. The summed E-state index contributed by atoms with van der Waals surface area (Å²) in [7, 11) is 0. The summed E-state index contributed by atoms with van der Waals surface area (Å²) >= 11 is 0. The van der Waals surface area contributed by atoms with Crippen LogP contribution in [0.15, 0.2) is 24.3 Å². The Labute approximate surface area is 90.3 Å². The Morgan fingerprint density at radius 2 is 2.27 bits per heavy atom. The van der Waals surface area contributed by atoms with Gasteiger partial charge in [0.15, 0.2) is 5.78 Å². The molecule has 0 aromatic heterocycles. The van der Waals surface area contributed by atoms with Gasteiger partial charge in [-0.05, 0) is 31.4 Å². The molecule has 2 atom stereocenters. The van der Waals surface area contributed by atoms with E-state index in [1.165, 1.54) is 0 Å². The lowest BCUT2D eigenvalue weighted by molar-refractivity contribution is 0.0962. The SMILES string of the molecule is CCOc1cccc(C(=O)C2CC2C)c1. The van der Waals surface area contributed by atoms with Gasteiger partial charge in [0, 0.05) is 11.5 Å². The van der Waals surface area contributed by atoms with Crippen molar-refractivity contribution in [3.05, 3.63) is 29.8 Å². The molecule has 0 N–H and O–H groups in total. The molecule has 1 aromatic carbocycles. The van der Waals surface area contributed by atoms with Crippen LogP contribution >= 0.6 is 0 Å². The van der Waals surface area contributed by atoms with Crippen molar-refractivity contribution in [2.45, 2.75) is 20.3 Å². The Morgan fingerprint density at radius 1 is 1.53 bits per heavy atom. The molecule has 0 saturated heterocycles. The lowest BCUT2D eigenvalue weighted by Crippen LogP contribution is -2.03. The van der Waals surface area contributed by atoms with Crippen LogP contribution in [-0.4, -0.2) is 12.4 Å². The van der Waals surface area contributed by atoms with Gasteiger partial charge in [0.05, 0.1) is 6.61 Å². The number of carbonyl (C=O) groups excluding carboxylic acids is 1. The van der Waals surface area contributed by atoms with E-state index in [0.29, 0.717) is 12.5 Å². The highest BCUT2D eigenvalue weighted by molar-refractivity contribution is 5.99. The summed E-state index contributed by atoms with van der Waals surface area (Å²) in [6.07, 6.45) is 1.04. The van der Waals surface area contributed by atoms with Crippen LogP contribution < -0.4 is 4.74 Å². The third kappa shape index (κ3) is 2.20. The quantitative estimate of drug-likeness (QED) is 0.705. The van der Waals surface area contributed by atoms with E-state index in [2.05, 4.69) is 6.92 Å². The van der Waals surface area contributed by atoms with Crippen LogP contribution in [0, 0.1) is 11.8 Å². The fourth-order valence-electron chi connectivity index (χ4n) is 1.81. The molecule has 2 nitrogen and oxygen atoms in total. The number of rotatable bonds is 4. The molecule has 0 radical (unpaired) electrons. The molecular formula is C13H16O2. The highest BCUT2D eigenvalue weighted by atomic mass is 16.5. The molecule has 15 heavy (non-hydrogen) atoms. The van der Waals surface area contributed by atoms with E-state index in [1.54, 1.807) is 0 Å². The summed E-state index contributed by atoms with van der Waals surface area (Å²) in [5, 5.41) is 0. The first kappa shape index (κ1) is 10.2. The Balaban J connectivity index is 2.13. The summed E-state index contributed by atoms with van der Waals surface area (Å²) in [4.78, 5) is 11.9. The molecule has 0 amide bonds. The highest BCUT2D eigenvalue weighted by Crippen LogP contribution is 2.40. The minimum absolute atomic E-state index is 0.252. The second-order valence-electron chi connectivity index (χ2n) is 4.14. The number of Topliss-reactive ketones (excluding diaryl/α,β-unsaturated/α-hetero) is 1. The molecule has 2 unspecified atom stereocenters. The predicted molar refractivity (Wildman–Crippen MR) is 59.2 cm³/mol. The van der Waals surface area contributed by atoms with Crippen LogP contribution in [0.5, 0.6) is 5.75 Å². The van der Waals surface area contributed by atoms with Crippen molar-refractivity contribution in [1.29, 1.82) is 0 Å². The van der Waals surface area contributed by atoms with E-state index in [9.17, 15) is 4.79 Å². The minimum Gasteiger partial charge on any atom is -0.494 e. The second-order valence-corrected chi connectivity index (χ2v) is 4.14. The zero-order chi connectivity index (χ0) is 10.8. The maximum Gasteiger partial charge on any atom is 0.166 e. The molecule has 1 aromatic rings. The molecule has 1 aliphatic rings. The average Bonchev–Trinajstić information content (AvgIpc) is 2.95. The van der Waals surface area contributed by atoms with Gasteiger partial charge in [-0.3, -0.25) is 4.79 Å². The van der Waals surface area contributed by atoms with Crippen LogP contribution in [0.4, 0.5) is 0 Å². The molecular weight excluding hydrogens is 188 g/mol. The lowest BCUT2D eigenvalue weighted by atomic mass is 10.1. The average molecular weight is 204 g/mol. The molecule has 1 fully saturated rings. The fourth-order valence-corrected chi connectivity index (χ4v) is 1.81. The van der Waals surface area contributed by atoms with Gasteiger partial charge >= 0.3 is 0 Å². The largest absolute Gasteiger partial charge is 0.494 e. The highest BCUT2D eigenvalue weighted by Gasteiger charge is 2.39. The molecule has 2 heteroatoms. The monoisotopic (exact) mass is 204 g/mol. The van der Waals surface area contributed by atoms with Crippen LogP contribution in [0.3, 0.4) is 0 Å². The van der Waals surface area contributed by atoms with E-state index in [1.807, 2.05) is 31.2 Å². The van der Waals surface area contributed by atoms with Gasteiger partial charge in [-0.25, -0.2) is 0 Å². The maximum atomic E-state index is 11.9. The van der Waals surface area contributed by atoms with E-state index in [0.717, 1.165) is 17.7 Å². The number of hydrogen-bond acceptors (Lipinski definition) is 2. The molecule has 0 heterocycles. The number of ether oxygens (including phenoxy) is 1. The second kappa shape index (κ2) is 4.05. The van der Waals surface area contributed by atoms with Gasteiger partial charge in [0.1, 0.15) is 5.75 Å². The Morgan fingerprint density at radius 3 is 2.87 bits per heavy atom. The van der Waals surface area contributed by atoms with Crippen molar-refractivity contribution in [2.75, 3.05) is 6.61 Å². The summed E-state index contributed by atoms with van der Waals surface area (Å²) in [5.74, 6) is 1.87. The maximum absolute atomic E-state index is 11.9. The summed E-state index contributed by atoms with van der Waals surface area (Å²) < 4.78 is 5.37. The molecule has 1 aliphatic carbocycles. The van der Waals surface area contributed by atoms with E-state index in [-0.39, 0.29) is 11.7 Å². The molecule has 0 spiro atoms. The number of benzene rings is 1. The van der Waals surface area contributed by atoms with Crippen molar-refractivity contribution < 1.29 is 9.53 Å². The van der Waals surface area contributed by atoms with Gasteiger partial charge in [0.25, 0.3) is 0 Å². The van der Waals surface area contributed by atoms with E-state index >= 15 is 0 Å². The van der Waals surface area contributed by atoms with Gasteiger partial charge < -0.3 is 4.74 Å². The van der Waals surface area contributed by atoms with E-state index < -0.39 is 0 Å². The first-order chi connectivity index (χ1) is 7.22. The molecule has 1 saturated carbocycles. The molecule has 0 bridgehead atoms. The van der Waals surface area contributed by atoms with E-state index in [4.69, 9.17) is 4.74 Å². The number of ketones is 1. The van der Waals surface area contributed by atoms with Crippen LogP contribution in [0.25, 0.3) is 0 Å². The van der Waals surface area contributed by atoms with Crippen molar-refractivity contribution in [2.24, 2.45) is 11.8 Å². The first-order valence-corrected chi connectivity index (χ1v) is 5.49. The van der Waals surface area contributed by atoms with Crippen LogP contribution in [0.2, 0.25) is 0 Å². The normalized spacial score (nSPS) is 23.6. The zero-order valence-corrected chi connectivity index (χ0v) is 9.19. The summed E-state index contributed by atoms with van der Waals surface area (Å²) in [6, 6.07) is 7.48. The van der Waals surface area contributed by atoms with Gasteiger partial charge in [0.2, 0.25) is 0 Å². The number of hydrogen-bond donors (Lipinski definition) is 0. The van der Waals surface area contributed by atoms with Crippen LogP contribution in [0.1, 0.15) is 30.6 Å². The van der Waals surface area contributed by atoms with Crippen molar-refractivity contribution in [1.82, 2.24) is 0 Å². The fraction of sp³-hybridized carbons (Fsp3) is 0.462. The third-order valence-corrected chi connectivity index (χ3v) is 2.88. The topological polar surface area (TPSA) is 26.3 Å².